The zero-order valence-corrected chi connectivity index (χ0v) is 16.7. The van der Waals surface area contributed by atoms with Gasteiger partial charge < -0.3 is 16.4 Å². The van der Waals surface area contributed by atoms with Crippen molar-refractivity contribution in [3.63, 3.8) is 0 Å². The third-order valence-corrected chi connectivity index (χ3v) is 5.03. The molecule has 30 heavy (non-hydrogen) atoms. The highest BCUT2D eigenvalue weighted by Crippen LogP contribution is 2.30. The van der Waals surface area contributed by atoms with Crippen molar-refractivity contribution in [2.24, 2.45) is 0 Å². The van der Waals surface area contributed by atoms with E-state index in [4.69, 9.17) is 11.5 Å². The van der Waals surface area contributed by atoms with Gasteiger partial charge in [0.05, 0.1) is 0 Å². The van der Waals surface area contributed by atoms with E-state index >= 15 is 0 Å². The van der Waals surface area contributed by atoms with Crippen molar-refractivity contribution in [3.8, 4) is 0 Å². The summed E-state index contributed by atoms with van der Waals surface area (Å²) >= 11 is 0. The smallest absolute Gasteiger partial charge is 0.0463 e. The minimum atomic E-state index is 0.192. The number of hydrogen-bond acceptors (Lipinski definition) is 3. The van der Waals surface area contributed by atoms with Crippen molar-refractivity contribution in [2.75, 3.05) is 16.4 Å². The molecular formula is C27H25N3. The van der Waals surface area contributed by atoms with Crippen LogP contribution in [-0.2, 0) is 0 Å². The van der Waals surface area contributed by atoms with Crippen LogP contribution in [0.25, 0.3) is 0 Å². The molecule has 4 rings (SSSR count). The van der Waals surface area contributed by atoms with Crippen LogP contribution in [-0.4, -0.2) is 0 Å². The highest BCUT2D eigenvalue weighted by atomic mass is 15.1. The van der Waals surface area contributed by atoms with Crippen molar-refractivity contribution < 1.29 is 0 Å². The Morgan fingerprint density at radius 3 is 1.93 bits per heavy atom. The molecule has 2 aromatic carbocycles. The van der Waals surface area contributed by atoms with Gasteiger partial charge in [-0.05, 0) is 66.3 Å². The molecule has 0 bridgehead atoms. The lowest BCUT2D eigenvalue weighted by Crippen LogP contribution is -2.20. The zero-order valence-electron chi connectivity index (χ0n) is 16.7. The quantitative estimate of drug-likeness (QED) is 0.627. The number of hydrogen-bond donors (Lipinski definition) is 2. The van der Waals surface area contributed by atoms with Gasteiger partial charge >= 0.3 is 0 Å². The fourth-order valence-corrected chi connectivity index (χ4v) is 3.46. The molecule has 0 heterocycles. The van der Waals surface area contributed by atoms with Crippen LogP contribution < -0.4 is 16.4 Å². The number of anilines is 3. The van der Waals surface area contributed by atoms with Crippen LogP contribution in [0.15, 0.2) is 133 Å². The summed E-state index contributed by atoms with van der Waals surface area (Å²) in [7, 11) is 0. The largest absolute Gasteiger partial charge is 0.399 e. The van der Waals surface area contributed by atoms with E-state index in [9.17, 15) is 0 Å². The Morgan fingerprint density at radius 1 is 0.567 bits per heavy atom. The number of nitrogens with zero attached hydrogens (tertiary/aromatic N) is 1. The molecular weight excluding hydrogens is 366 g/mol. The first kappa shape index (κ1) is 19.3. The Balaban J connectivity index is 1.71. The fraction of sp³-hybridized carbons (Fsp3) is 0.0370. The minimum absolute atomic E-state index is 0.192. The molecule has 0 aliphatic heterocycles. The third-order valence-electron chi connectivity index (χ3n) is 5.03. The van der Waals surface area contributed by atoms with Gasteiger partial charge in [0.2, 0.25) is 0 Å². The Hall–Kier alpha value is -3.98. The predicted octanol–water partition coefficient (Wildman–Crippen LogP) is 6.02. The van der Waals surface area contributed by atoms with E-state index in [-0.39, 0.29) is 5.92 Å². The molecule has 3 nitrogen and oxygen atoms in total. The average molecular weight is 392 g/mol. The van der Waals surface area contributed by atoms with Gasteiger partial charge in [0, 0.05) is 34.4 Å². The van der Waals surface area contributed by atoms with E-state index in [0.717, 1.165) is 28.5 Å². The maximum Gasteiger partial charge on any atom is 0.0463 e. The van der Waals surface area contributed by atoms with Crippen molar-refractivity contribution in [1.82, 2.24) is 0 Å². The second-order valence-electron chi connectivity index (χ2n) is 7.18. The molecule has 0 aromatic heterocycles. The zero-order chi connectivity index (χ0) is 20.8. The van der Waals surface area contributed by atoms with Gasteiger partial charge in [-0.15, -0.1) is 0 Å². The molecule has 0 fully saturated rings. The molecule has 1 unspecified atom stereocenters. The molecule has 0 saturated heterocycles. The predicted molar refractivity (Wildman–Crippen MR) is 129 cm³/mol. The second-order valence-corrected chi connectivity index (χ2v) is 7.18. The molecule has 0 amide bonds. The van der Waals surface area contributed by atoms with E-state index in [0.29, 0.717) is 0 Å². The van der Waals surface area contributed by atoms with Crippen LogP contribution in [0.1, 0.15) is 11.5 Å². The summed E-state index contributed by atoms with van der Waals surface area (Å²) in [4.78, 5) is 2.23. The normalized spacial score (nSPS) is 17.7. The molecule has 2 aliphatic rings. The van der Waals surface area contributed by atoms with E-state index in [2.05, 4.69) is 59.6 Å². The molecule has 3 heteroatoms. The number of nitrogen functional groups attached to an aromatic ring is 2. The summed E-state index contributed by atoms with van der Waals surface area (Å²) in [6.45, 7) is 0. The summed E-state index contributed by atoms with van der Waals surface area (Å²) in [5, 5.41) is 0. The van der Waals surface area contributed by atoms with Crippen LogP contribution in [0.2, 0.25) is 0 Å². The Bertz CT molecular complexity index is 1090. The van der Waals surface area contributed by atoms with Crippen molar-refractivity contribution in [3.05, 3.63) is 138 Å². The summed E-state index contributed by atoms with van der Waals surface area (Å²) in [5.74, 6) is 0.192. The molecule has 1 atom stereocenters. The number of nitrogens with two attached hydrogens (primary N) is 2. The maximum atomic E-state index is 5.93. The van der Waals surface area contributed by atoms with Gasteiger partial charge in [0.25, 0.3) is 0 Å². The standard InChI is InChI=1S/C27H25N3/c28-23-14-11-22(12-15-23)21-7-6-10-26(18-13-21)30(27-19-16-24(29)17-20-27)25-8-4-2-1-3-5-9-25/h1-21H,28-29H2. The first-order valence-electron chi connectivity index (χ1n) is 10.0. The Labute approximate surface area is 178 Å². The molecule has 0 spiro atoms. The van der Waals surface area contributed by atoms with Gasteiger partial charge in [-0.2, -0.15) is 0 Å². The molecule has 4 N–H and O–H groups in total. The molecule has 2 aliphatic carbocycles. The monoisotopic (exact) mass is 391 g/mol. The Kier molecular flexibility index (Phi) is 5.81. The highest BCUT2D eigenvalue weighted by Gasteiger charge is 2.15. The lowest BCUT2D eigenvalue weighted by Gasteiger charge is -2.27. The Morgan fingerprint density at radius 2 is 1.17 bits per heavy atom. The van der Waals surface area contributed by atoms with E-state index < -0.39 is 0 Å². The summed E-state index contributed by atoms with van der Waals surface area (Å²) < 4.78 is 0. The third kappa shape index (κ3) is 4.53. The minimum Gasteiger partial charge on any atom is -0.399 e. The van der Waals surface area contributed by atoms with Crippen LogP contribution in [0.4, 0.5) is 17.1 Å². The second kappa shape index (κ2) is 9.01. The van der Waals surface area contributed by atoms with E-state index in [1.807, 2.05) is 66.8 Å². The first-order valence-corrected chi connectivity index (χ1v) is 10.0. The van der Waals surface area contributed by atoms with Crippen LogP contribution >= 0.6 is 0 Å². The van der Waals surface area contributed by atoms with Crippen molar-refractivity contribution >= 4 is 17.1 Å². The average Bonchev–Trinajstić information content (AvgIpc) is 2.98. The SMILES string of the molecule is Nc1ccc(C2C=CC=C(N(C3=CC=CC=CC=C3)c3ccc(N)cc3)C=C2)cc1. The van der Waals surface area contributed by atoms with Crippen LogP contribution in [0.5, 0.6) is 0 Å². The van der Waals surface area contributed by atoms with Gasteiger partial charge in [0.15, 0.2) is 0 Å². The van der Waals surface area contributed by atoms with Crippen LogP contribution in [0.3, 0.4) is 0 Å². The lowest BCUT2D eigenvalue weighted by molar-refractivity contribution is 1.08. The first-order chi connectivity index (χ1) is 14.7. The number of rotatable bonds is 4. The summed E-state index contributed by atoms with van der Waals surface area (Å²) in [6.07, 6.45) is 25.2. The fourth-order valence-electron chi connectivity index (χ4n) is 3.46. The van der Waals surface area contributed by atoms with Gasteiger partial charge in [0.1, 0.15) is 0 Å². The van der Waals surface area contributed by atoms with E-state index in [1.165, 1.54) is 5.56 Å². The van der Waals surface area contributed by atoms with Gasteiger partial charge in [-0.3, -0.25) is 0 Å². The lowest BCUT2D eigenvalue weighted by atomic mass is 9.98. The topological polar surface area (TPSA) is 55.3 Å². The maximum absolute atomic E-state index is 5.93. The number of benzene rings is 2. The van der Waals surface area contributed by atoms with Gasteiger partial charge in [-0.1, -0.05) is 60.7 Å². The molecule has 0 saturated carbocycles. The molecule has 148 valence electrons. The van der Waals surface area contributed by atoms with Crippen molar-refractivity contribution in [1.29, 1.82) is 0 Å². The number of allylic oxidation sites excluding steroid dienone is 12. The summed E-state index contributed by atoms with van der Waals surface area (Å²) in [5.41, 5.74) is 17.7. The molecule has 2 aromatic rings. The summed E-state index contributed by atoms with van der Waals surface area (Å²) in [6, 6.07) is 16.0. The van der Waals surface area contributed by atoms with Crippen molar-refractivity contribution in [2.45, 2.75) is 5.92 Å². The van der Waals surface area contributed by atoms with Gasteiger partial charge in [-0.25, -0.2) is 0 Å². The highest BCUT2D eigenvalue weighted by molar-refractivity contribution is 5.66. The van der Waals surface area contributed by atoms with Crippen LogP contribution in [0, 0.1) is 0 Å². The van der Waals surface area contributed by atoms with E-state index in [1.54, 1.807) is 0 Å². The molecule has 0 radical (unpaired) electrons.